The van der Waals surface area contributed by atoms with Crippen LogP contribution in [0.4, 0.5) is 5.95 Å². The molecule has 2 heterocycles. The summed E-state index contributed by atoms with van der Waals surface area (Å²) in [4.78, 5) is 29.7. The van der Waals surface area contributed by atoms with Crippen LogP contribution >= 0.6 is 11.6 Å². The predicted molar refractivity (Wildman–Crippen MR) is 120 cm³/mol. The van der Waals surface area contributed by atoms with Gasteiger partial charge in [-0.15, -0.1) is 0 Å². The average molecular weight is 430 g/mol. The van der Waals surface area contributed by atoms with E-state index in [0.717, 1.165) is 31.1 Å². The molecule has 0 radical (unpaired) electrons. The Kier molecular flexibility index (Phi) is 8.26. The number of nitrogens with zero attached hydrogens (tertiary/aromatic N) is 5. The van der Waals surface area contributed by atoms with Crippen molar-refractivity contribution >= 4 is 29.4 Å². The normalized spacial score (nSPS) is 14.5. The molecule has 2 aromatic rings. The second kappa shape index (κ2) is 11.3. The maximum atomic E-state index is 12.6. The second-order valence-electron chi connectivity index (χ2n) is 6.88. The Morgan fingerprint density at radius 1 is 1.10 bits per heavy atom. The molecule has 0 spiro atoms. The first-order chi connectivity index (χ1) is 14.7. The molecule has 1 fully saturated rings. The van der Waals surface area contributed by atoms with Crippen molar-refractivity contribution in [3.63, 3.8) is 0 Å². The lowest BCUT2D eigenvalue weighted by Gasteiger charge is -2.34. The zero-order chi connectivity index (χ0) is 21.2. The minimum atomic E-state index is 0.137. The Morgan fingerprint density at radius 3 is 2.53 bits per heavy atom. The number of piperazine rings is 1. The SMILES string of the molecule is CCNC(=NCc1ccccc1Cl)NCCC(=O)N1CCN(c2ncccn2)CC1. The first kappa shape index (κ1) is 21.8. The first-order valence-corrected chi connectivity index (χ1v) is 10.6. The van der Waals surface area contributed by atoms with Crippen LogP contribution in [0.15, 0.2) is 47.7 Å². The predicted octanol–water partition coefficient (Wildman–Crippen LogP) is 1.92. The zero-order valence-corrected chi connectivity index (χ0v) is 18.0. The topological polar surface area (TPSA) is 85.8 Å². The van der Waals surface area contributed by atoms with Crippen LogP contribution in [-0.2, 0) is 11.3 Å². The monoisotopic (exact) mass is 429 g/mol. The minimum Gasteiger partial charge on any atom is -0.357 e. The van der Waals surface area contributed by atoms with Gasteiger partial charge in [-0.2, -0.15) is 0 Å². The van der Waals surface area contributed by atoms with Crippen molar-refractivity contribution < 1.29 is 4.79 Å². The van der Waals surface area contributed by atoms with Crippen LogP contribution in [-0.4, -0.2) is 66.0 Å². The lowest BCUT2D eigenvalue weighted by Crippen LogP contribution is -2.50. The summed E-state index contributed by atoms with van der Waals surface area (Å²) in [7, 11) is 0. The molecular formula is C21H28ClN7O. The van der Waals surface area contributed by atoms with Crippen molar-refractivity contribution in [2.45, 2.75) is 19.9 Å². The van der Waals surface area contributed by atoms with E-state index in [1.54, 1.807) is 18.5 Å². The maximum Gasteiger partial charge on any atom is 0.225 e. The van der Waals surface area contributed by atoms with Crippen LogP contribution in [0.3, 0.4) is 0 Å². The highest BCUT2D eigenvalue weighted by atomic mass is 35.5. The molecule has 1 aliphatic heterocycles. The van der Waals surface area contributed by atoms with E-state index in [1.807, 2.05) is 36.1 Å². The maximum absolute atomic E-state index is 12.6. The molecule has 1 aromatic carbocycles. The van der Waals surface area contributed by atoms with Crippen molar-refractivity contribution in [1.29, 1.82) is 0 Å². The van der Waals surface area contributed by atoms with Gasteiger partial charge in [0.05, 0.1) is 6.54 Å². The van der Waals surface area contributed by atoms with Gasteiger partial charge in [-0.05, 0) is 24.6 Å². The second-order valence-corrected chi connectivity index (χ2v) is 7.29. The summed E-state index contributed by atoms with van der Waals surface area (Å²) in [6.45, 7) is 6.59. The number of hydrogen-bond donors (Lipinski definition) is 2. The Hall–Kier alpha value is -2.87. The van der Waals surface area contributed by atoms with Gasteiger partial charge >= 0.3 is 0 Å². The molecule has 30 heavy (non-hydrogen) atoms. The van der Waals surface area contributed by atoms with Gasteiger partial charge in [0.1, 0.15) is 0 Å². The minimum absolute atomic E-state index is 0.137. The summed E-state index contributed by atoms with van der Waals surface area (Å²) in [6.07, 6.45) is 3.89. The van der Waals surface area contributed by atoms with Gasteiger partial charge in [-0.3, -0.25) is 4.79 Å². The molecule has 8 nitrogen and oxygen atoms in total. The third kappa shape index (κ3) is 6.32. The van der Waals surface area contributed by atoms with Crippen LogP contribution in [0, 0.1) is 0 Å². The molecule has 0 saturated carbocycles. The van der Waals surface area contributed by atoms with Gasteiger partial charge in [-0.1, -0.05) is 29.8 Å². The fraction of sp³-hybridized carbons (Fsp3) is 0.429. The molecule has 1 saturated heterocycles. The summed E-state index contributed by atoms with van der Waals surface area (Å²) in [5.74, 6) is 1.53. The summed E-state index contributed by atoms with van der Waals surface area (Å²) in [6, 6.07) is 9.46. The Balaban J connectivity index is 1.43. The third-order valence-corrected chi connectivity index (χ3v) is 5.18. The van der Waals surface area contributed by atoms with E-state index in [1.165, 1.54) is 0 Å². The first-order valence-electron chi connectivity index (χ1n) is 10.2. The summed E-state index contributed by atoms with van der Waals surface area (Å²) in [5.41, 5.74) is 0.965. The Labute approximate surface area is 182 Å². The number of halogens is 1. The average Bonchev–Trinajstić information content (AvgIpc) is 2.79. The van der Waals surface area contributed by atoms with E-state index in [4.69, 9.17) is 11.6 Å². The molecule has 0 aliphatic carbocycles. The number of guanidine groups is 1. The lowest BCUT2D eigenvalue weighted by molar-refractivity contribution is -0.131. The number of amides is 1. The number of aromatic nitrogens is 2. The van der Waals surface area contributed by atoms with Crippen molar-refractivity contribution in [3.8, 4) is 0 Å². The van der Waals surface area contributed by atoms with Crippen molar-refractivity contribution in [2.24, 2.45) is 4.99 Å². The van der Waals surface area contributed by atoms with Crippen LogP contribution in [0.1, 0.15) is 18.9 Å². The molecule has 160 valence electrons. The van der Waals surface area contributed by atoms with Gasteiger partial charge in [0.15, 0.2) is 5.96 Å². The molecule has 3 rings (SSSR count). The smallest absolute Gasteiger partial charge is 0.225 e. The zero-order valence-electron chi connectivity index (χ0n) is 17.2. The van der Waals surface area contributed by atoms with Crippen molar-refractivity contribution in [3.05, 3.63) is 53.3 Å². The number of hydrogen-bond acceptors (Lipinski definition) is 5. The third-order valence-electron chi connectivity index (χ3n) is 4.81. The molecule has 1 aliphatic rings. The largest absolute Gasteiger partial charge is 0.357 e. The summed E-state index contributed by atoms with van der Waals surface area (Å²) in [5, 5.41) is 7.13. The quantitative estimate of drug-likeness (QED) is 0.516. The van der Waals surface area contributed by atoms with Crippen LogP contribution in [0.25, 0.3) is 0 Å². The van der Waals surface area contributed by atoms with E-state index in [0.29, 0.717) is 43.6 Å². The molecule has 2 N–H and O–H groups in total. The molecule has 1 amide bonds. The molecule has 0 unspecified atom stereocenters. The number of carbonyl (C=O) groups is 1. The van der Waals surface area contributed by atoms with Crippen LogP contribution in [0.2, 0.25) is 5.02 Å². The summed E-state index contributed by atoms with van der Waals surface area (Å²) < 4.78 is 0. The Bertz CT molecular complexity index is 838. The van der Waals surface area contributed by atoms with Gasteiger partial charge in [-0.25, -0.2) is 15.0 Å². The molecular weight excluding hydrogens is 402 g/mol. The van der Waals surface area contributed by atoms with Gasteiger partial charge in [0, 0.05) is 63.1 Å². The summed E-state index contributed by atoms with van der Waals surface area (Å²) >= 11 is 6.19. The van der Waals surface area contributed by atoms with E-state index in [9.17, 15) is 4.79 Å². The van der Waals surface area contributed by atoms with E-state index < -0.39 is 0 Å². The van der Waals surface area contributed by atoms with Crippen molar-refractivity contribution in [2.75, 3.05) is 44.2 Å². The molecule has 0 bridgehead atoms. The van der Waals surface area contributed by atoms with E-state index >= 15 is 0 Å². The standard InChI is InChI=1S/C21H28ClN7O/c1-2-23-20(27-16-17-6-3-4-7-18(17)22)24-11-8-19(30)28-12-14-29(15-13-28)21-25-9-5-10-26-21/h3-7,9-10H,2,8,11-16H2,1H3,(H2,23,24,27). The van der Waals surface area contributed by atoms with E-state index in [-0.39, 0.29) is 5.91 Å². The fourth-order valence-electron chi connectivity index (χ4n) is 3.19. The Morgan fingerprint density at radius 2 is 1.83 bits per heavy atom. The number of anilines is 1. The highest BCUT2D eigenvalue weighted by Gasteiger charge is 2.22. The number of benzene rings is 1. The number of nitrogens with one attached hydrogen (secondary N) is 2. The molecule has 1 aromatic heterocycles. The van der Waals surface area contributed by atoms with Gasteiger partial charge in [0.25, 0.3) is 0 Å². The highest BCUT2D eigenvalue weighted by molar-refractivity contribution is 6.31. The number of aliphatic imine (C=N–C) groups is 1. The lowest BCUT2D eigenvalue weighted by atomic mass is 10.2. The van der Waals surface area contributed by atoms with Crippen LogP contribution < -0.4 is 15.5 Å². The van der Waals surface area contributed by atoms with Crippen LogP contribution in [0.5, 0.6) is 0 Å². The molecule has 0 atom stereocenters. The molecule has 9 heteroatoms. The van der Waals surface area contributed by atoms with Gasteiger partial charge < -0.3 is 20.4 Å². The highest BCUT2D eigenvalue weighted by Crippen LogP contribution is 2.15. The number of carbonyl (C=O) groups excluding carboxylic acids is 1. The number of rotatable bonds is 7. The van der Waals surface area contributed by atoms with Gasteiger partial charge in [0.2, 0.25) is 11.9 Å². The van der Waals surface area contributed by atoms with Crippen molar-refractivity contribution in [1.82, 2.24) is 25.5 Å². The van der Waals surface area contributed by atoms with E-state index in [2.05, 4.69) is 30.5 Å². The fourth-order valence-corrected chi connectivity index (χ4v) is 3.38.